The SMILES string of the molecule is CCOc1cc(C(=O)Nc2ccc(S(=O)(=O)N[C@@H](C)[C@H]3C[C@@H]4CC[C@@H]3C4)cc2)ccc1OC. The molecule has 178 valence electrons. The second kappa shape index (κ2) is 9.73. The predicted molar refractivity (Wildman–Crippen MR) is 127 cm³/mol. The molecule has 4 atom stereocenters. The molecular weight excluding hydrogens is 440 g/mol. The Hall–Kier alpha value is -2.58. The number of amides is 1. The van der Waals surface area contributed by atoms with Crippen LogP contribution < -0.4 is 19.5 Å². The van der Waals surface area contributed by atoms with Crippen LogP contribution in [0.4, 0.5) is 5.69 Å². The number of carbonyl (C=O) groups excluding carboxylic acids is 1. The van der Waals surface area contributed by atoms with Crippen molar-refractivity contribution in [2.45, 2.75) is 50.5 Å². The number of anilines is 1. The largest absolute Gasteiger partial charge is 0.493 e. The van der Waals surface area contributed by atoms with Crippen molar-refractivity contribution in [3.05, 3.63) is 48.0 Å². The first-order valence-corrected chi connectivity index (χ1v) is 13.0. The molecule has 8 heteroatoms. The third-order valence-electron chi connectivity index (χ3n) is 6.92. The van der Waals surface area contributed by atoms with Gasteiger partial charge in [-0.25, -0.2) is 13.1 Å². The molecule has 0 aromatic heterocycles. The third-order valence-corrected chi connectivity index (χ3v) is 8.50. The lowest BCUT2D eigenvalue weighted by atomic mass is 9.84. The van der Waals surface area contributed by atoms with E-state index in [0.29, 0.717) is 41.2 Å². The van der Waals surface area contributed by atoms with Crippen LogP contribution in [0, 0.1) is 17.8 Å². The summed E-state index contributed by atoms with van der Waals surface area (Å²) in [5, 5.41) is 2.80. The van der Waals surface area contributed by atoms with E-state index >= 15 is 0 Å². The Morgan fingerprint density at radius 1 is 1.09 bits per heavy atom. The molecule has 0 unspecified atom stereocenters. The van der Waals surface area contributed by atoms with Crippen molar-refractivity contribution in [3.8, 4) is 11.5 Å². The van der Waals surface area contributed by atoms with Crippen molar-refractivity contribution in [3.63, 3.8) is 0 Å². The van der Waals surface area contributed by atoms with Crippen molar-refractivity contribution in [2.75, 3.05) is 19.0 Å². The Morgan fingerprint density at radius 2 is 1.85 bits per heavy atom. The van der Waals surface area contributed by atoms with Crippen LogP contribution in [0.3, 0.4) is 0 Å². The Kier molecular flexibility index (Phi) is 6.95. The fourth-order valence-electron chi connectivity index (χ4n) is 5.31. The van der Waals surface area contributed by atoms with Gasteiger partial charge in [0.2, 0.25) is 10.0 Å². The molecule has 2 bridgehead atoms. The zero-order valence-corrected chi connectivity index (χ0v) is 20.2. The van der Waals surface area contributed by atoms with E-state index in [4.69, 9.17) is 9.47 Å². The van der Waals surface area contributed by atoms with Crippen LogP contribution in [0.25, 0.3) is 0 Å². The molecule has 33 heavy (non-hydrogen) atoms. The summed E-state index contributed by atoms with van der Waals surface area (Å²) in [5.41, 5.74) is 0.922. The molecule has 4 rings (SSSR count). The second-order valence-electron chi connectivity index (χ2n) is 9.03. The van der Waals surface area contributed by atoms with E-state index in [2.05, 4.69) is 10.0 Å². The molecule has 2 saturated carbocycles. The minimum Gasteiger partial charge on any atom is -0.493 e. The highest BCUT2D eigenvalue weighted by atomic mass is 32.2. The van der Waals surface area contributed by atoms with Gasteiger partial charge >= 0.3 is 0 Å². The third kappa shape index (κ3) is 5.17. The normalized spacial score (nSPS) is 22.7. The van der Waals surface area contributed by atoms with Gasteiger partial charge in [-0.15, -0.1) is 0 Å². The van der Waals surface area contributed by atoms with Gasteiger partial charge in [0.25, 0.3) is 5.91 Å². The van der Waals surface area contributed by atoms with Gasteiger partial charge < -0.3 is 14.8 Å². The van der Waals surface area contributed by atoms with E-state index in [1.807, 2.05) is 13.8 Å². The molecule has 2 aromatic carbocycles. The van der Waals surface area contributed by atoms with Crippen LogP contribution in [0.2, 0.25) is 0 Å². The molecule has 0 saturated heterocycles. The topological polar surface area (TPSA) is 93.7 Å². The molecular formula is C25H32N2O5S. The Balaban J connectivity index is 1.40. The molecule has 2 fully saturated rings. The zero-order valence-electron chi connectivity index (χ0n) is 19.3. The molecule has 0 heterocycles. The molecule has 2 aliphatic rings. The van der Waals surface area contributed by atoms with Gasteiger partial charge in [-0.2, -0.15) is 0 Å². The van der Waals surface area contributed by atoms with E-state index in [9.17, 15) is 13.2 Å². The molecule has 2 aliphatic carbocycles. The standard InChI is InChI=1S/C25H32N2O5S/c1-4-32-24-15-19(7-12-23(24)31-3)25(28)26-20-8-10-21(11-9-20)33(29,30)27-16(2)22-14-17-5-6-18(22)13-17/h7-12,15-18,22,27H,4-6,13-14H2,1-3H3,(H,26,28)/t16-,17+,18+,22+/m0/s1. The Morgan fingerprint density at radius 3 is 2.45 bits per heavy atom. The second-order valence-corrected chi connectivity index (χ2v) is 10.7. The molecule has 2 aromatic rings. The number of nitrogens with one attached hydrogen (secondary N) is 2. The van der Waals surface area contributed by atoms with Crippen molar-refractivity contribution >= 4 is 21.6 Å². The smallest absolute Gasteiger partial charge is 0.255 e. The van der Waals surface area contributed by atoms with E-state index in [1.165, 1.54) is 31.4 Å². The maximum absolute atomic E-state index is 12.9. The maximum Gasteiger partial charge on any atom is 0.255 e. The lowest BCUT2D eigenvalue weighted by molar-refractivity contribution is 0.102. The Bertz CT molecular complexity index is 1100. The van der Waals surface area contributed by atoms with Crippen molar-refractivity contribution in [1.82, 2.24) is 4.72 Å². The van der Waals surface area contributed by atoms with Gasteiger partial charge in [-0.3, -0.25) is 4.79 Å². The zero-order chi connectivity index (χ0) is 23.6. The Labute approximate surface area is 195 Å². The van der Waals surface area contributed by atoms with Gasteiger partial charge in [-0.05, 0) is 93.3 Å². The summed E-state index contributed by atoms with van der Waals surface area (Å²) in [7, 11) is -2.08. The predicted octanol–water partition coefficient (Wildman–Crippen LogP) is 4.45. The molecule has 0 radical (unpaired) electrons. The lowest BCUT2D eigenvalue weighted by Gasteiger charge is -2.28. The van der Waals surface area contributed by atoms with E-state index in [1.54, 1.807) is 37.4 Å². The fraction of sp³-hybridized carbons (Fsp3) is 0.480. The lowest BCUT2D eigenvalue weighted by Crippen LogP contribution is -2.40. The number of hydrogen-bond acceptors (Lipinski definition) is 5. The van der Waals surface area contributed by atoms with Crippen LogP contribution >= 0.6 is 0 Å². The van der Waals surface area contributed by atoms with E-state index in [-0.39, 0.29) is 16.8 Å². The average Bonchev–Trinajstić information content (AvgIpc) is 3.43. The van der Waals surface area contributed by atoms with Crippen LogP contribution in [0.5, 0.6) is 11.5 Å². The molecule has 0 aliphatic heterocycles. The monoisotopic (exact) mass is 472 g/mol. The average molecular weight is 473 g/mol. The van der Waals surface area contributed by atoms with Crippen LogP contribution in [-0.2, 0) is 10.0 Å². The number of benzene rings is 2. The molecule has 2 N–H and O–H groups in total. The maximum atomic E-state index is 12.9. The quantitative estimate of drug-likeness (QED) is 0.562. The number of ether oxygens (including phenoxy) is 2. The summed E-state index contributed by atoms with van der Waals surface area (Å²) in [6, 6.07) is 11.1. The first kappa shape index (κ1) is 23.6. The molecule has 1 amide bonds. The van der Waals surface area contributed by atoms with Gasteiger partial charge in [0.15, 0.2) is 11.5 Å². The van der Waals surface area contributed by atoms with Crippen molar-refractivity contribution < 1.29 is 22.7 Å². The van der Waals surface area contributed by atoms with Crippen molar-refractivity contribution in [2.24, 2.45) is 17.8 Å². The van der Waals surface area contributed by atoms with E-state index in [0.717, 1.165) is 12.3 Å². The summed E-state index contributed by atoms with van der Waals surface area (Å²) in [6.07, 6.45) is 4.87. The first-order valence-electron chi connectivity index (χ1n) is 11.5. The number of methoxy groups -OCH3 is 1. The van der Waals surface area contributed by atoms with Gasteiger partial charge in [0.05, 0.1) is 18.6 Å². The highest BCUT2D eigenvalue weighted by molar-refractivity contribution is 7.89. The van der Waals surface area contributed by atoms with Gasteiger partial charge in [0, 0.05) is 17.3 Å². The van der Waals surface area contributed by atoms with Gasteiger partial charge in [0.1, 0.15) is 0 Å². The number of carbonyl (C=O) groups is 1. The minimum absolute atomic E-state index is 0.0840. The summed E-state index contributed by atoms with van der Waals surface area (Å²) < 4.78 is 39.4. The minimum atomic E-state index is -3.62. The molecule has 7 nitrogen and oxygen atoms in total. The number of sulfonamides is 1. The van der Waals surface area contributed by atoms with E-state index < -0.39 is 10.0 Å². The number of fused-ring (bicyclic) bond motifs is 2. The highest BCUT2D eigenvalue weighted by Crippen LogP contribution is 2.49. The summed E-state index contributed by atoms with van der Waals surface area (Å²) in [4.78, 5) is 12.9. The van der Waals surface area contributed by atoms with Crippen LogP contribution in [0.1, 0.15) is 49.9 Å². The summed E-state index contributed by atoms with van der Waals surface area (Å²) >= 11 is 0. The number of hydrogen-bond donors (Lipinski definition) is 2. The molecule has 0 spiro atoms. The number of rotatable bonds is 9. The highest BCUT2D eigenvalue weighted by Gasteiger charge is 2.42. The summed E-state index contributed by atoms with van der Waals surface area (Å²) in [5.74, 6) is 2.55. The first-order chi connectivity index (χ1) is 15.8. The van der Waals surface area contributed by atoms with Gasteiger partial charge in [-0.1, -0.05) is 6.42 Å². The fourth-order valence-corrected chi connectivity index (χ4v) is 6.61. The summed E-state index contributed by atoms with van der Waals surface area (Å²) in [6.45, 7) is 4.28. The van der Waals surface area contributed by atoms with Crippen molar-refractivity contribution in [1.29, 1.82) is 0 Å². The van der Waals surface area contributed by atoms with Crippen LogP contribution in [0.15, 0.2) is 47.4 Å². The van der Waals surface area contributed by atoms with Crippen LogP contribution in [-0.4, -0.2) is 34.1 Å².